The minimum absolute atomic E-state index is 0.154. The molecule has 20 heavy (non-hydrogen) atoms. The largest absolute Gasteiger partial charge is 0.493 e. The van der Waals surface area contributed by atoms with Crippen LogP contribution in [-0.4, -0.2) is 41.6 Å². The summed E-state index contributed by atoms with van der Waals surface area (Å²) in [5, 5.41) is 8.85. The van der Waals surface area contributed by atoms with Crippen LogP contribution in [0.15, 0.2) is 18.2 Å². The van der Waals surface area contributed by atoms with Gasteiger partial charge in [-0.05, 0) is 38.0 Å². The Balaban J connectivity index is 2.50. The summed E-state index contributed by atoms with van der Waals surface area (Å²) in [6.45, 7) is 5.67. The first-order valence-corrected chi connectivity index (χ1v) is 6.52. The minimum atomic E-state index is -1.02. The van der Waals surface area contributed by atoms with Crippen molar-refractivity contribution in [1.29, 1.82) is 0 Å². The van der Waals surface area contributed by atoms with Crippen molar-refractivity contribution < 1.29 is 19.4 Å². The molecule has 0 bridgehead atoms. The van der Waals surface area contributed by atoms with Crippen LogP contribution < -0.4 is 4.74 Å². The zero-order chi connectivity index (χ0) is 15.3. The molecule has 0 saturated carbocycles. The Hall–Kier alpha value is -2.04. The highest BCUT2D eigenvalue weighted by Gasteiger charge is 2.21. The second kappa shape index (κ2) is 6.93. The molecule has 1 aromatic carbocycles. The van der Waals surface area contributed by atoms with Crippen molar-refractivity contribution in [2.45, 2.75) is 33.2 Å². The lowest BCUT2D eigenvalue weighted by molar-refractivity contribution is -0.148. The van der Waals surface area contributed by atoms with Gasteiger partial charge in [0.25, 0.3) is 0 Å². The van der Waals surface area contributed by atoms with Gasteiger partial charge in [-0.2, -0.15) is 0 Å². The molecule has 0 radical (unpaired) electrons. The Bertz CT molecular complexity index is 499. The predicted octanol–water partition coefficient (Wildman–Crippen LogP) is 2.00. The number of benzene rings is 1. The van der Waals surface area contributed by atoms with Gasteiger partial charge in [0.15, 0.2) is 0 Å². The molecule has 0 heterocycles. The number of aliphatic carboxylic acids is 1. The fourth-order valence-electron chi connectivity index (χ4n) is 1.69. The maximum absolute atomic E-state index is 11.8. The van der Waals surface area contributed by atoms with Crippen molar-refractivity contribution in [3.05, 3.63) is 29.3 Å². The number of carboxylic acid groups (broad SMARTS) is 1. The third-order valence-corrected chi connectivity index (χ3v) is 3.46. The molecule has 0 aliphatic rings. The number of carboxylic acids is 1. The van der Waals surface area contributed by atoms with Gasteiger partial charge in [0, 0.05) is 7.05 Å². The molecule has 0 aliphatic heterocycles. The summed E-state index contributed by atoms with van der Waals surface area (Å²) < 4.78 is 5.58. The molecule has 1 amide bonds. The average molecular weight is 279 g/mol. The van der Waals surface area contributed by atoms with E-state index in [9.17, 15) is 9.59 Å². The van der Waals surface area contributed by atoms with E-state index < -0.39 is 12.0 Å². The van der Waals surface area contributed by atoms with Gasteiger partial charge in [-0.3, -0.25) is 4.79 Å². The number of hydrogen-bond acceptors (Lipinski definition) is 3. The number of carbonyl (C=O) groups is 2. The topological polar surface area (TPSA) is 66.8 Å². The standard InChI is InChI=1S/C15H21NO4/c1-10-6-5-7-13(11(10)2)20-9-8-14(17)16(4)12(3)15(18)19/h5-7,12H,8-9H2,1-4H3,(H,18,19). The Morgan fingerprint density at radius 1 is 1.35 bits per heavy atom. The van der Waals surface area contributed by atoms with Crippen molar-refractivity contribution in [3.8, 4) is 5.75 Å². The number of nitrogens with zero attached hydrogens (tertiary/aromatic N) is 1. The van der Waals surface area contributed by atoms with E-state index in [1.165, 1.54) is 18.9 Å². The monoisotopic (exact) mass is 279 g/mol. The summed E-state index contributed by atoms with van der Waals surface area (Å²) in [5.74, 6) is -0.506. The lowest BCUT2D eigenvalue weighted by Gasteiger charge is -2.21. The summed E-state index contributed by atoms with van der Waals surface area (Å²) in [6, 6.07) is 4.92. The van der Waals surface area contributed by atoms with Crippen LogP contribution in [0.1, 0.15) is 24.5 Å². The Morgan fingerprint density at radius 3 is 2.60 bits per heavy atom. The van der Waals surface area contributed by atoms with Gasteiger partial charge in [-0.15, -0.1) is 0 Å². The Labute approximate surface area is 119 Å². The van der Waals surface area contributed by atoms with Crippen molar-refractivity contribution in [2.24, 2.45) is 0 Å². The van der Waals surface area contributed by atoms with Crippen molar-refractivity contribution in [3.63, 3.8) is 0 Å². The number of aryl methyl sites for hydroxylation is 1. The highest BCUT2D eigenvalue weighted by molar-refractivity contribution is 5.83. The Morgan fingerprint density at radius 2 is 2.00 bits per heavy atom. The van der Waals surface area contributed by atoms with E-state index in [4.69, 9.17) is 9.84 Å². The molecule has 5 nitrogen and oxygen atoms in total. The zero-order valence-electron chi connectivity index (χ0n) is 12.3. The normalized spacial score (nSPS) is 11.8. The minimum Gasteiger partial charge on any atom is -0.493 e. The number of likely N-dealkylation sites (N-methyl/N-ethyl adjacent to an activating group) is 1. The summed E-state index contributed by atoms with van der Waals surface area (Å²) in [4.78, 5) is 23.8. The van der Waals surface area contributed by atoms with Gasteiger partial charge in [0.05, 0.1) is 13.0 Å². The van der Waals surface area contributed by atoms with Crippen molar-refractivity contribution in [1.82, 2.24) is 4.90 Å². The van der Waals surface area contributed by atoms with Crippen LogP contribution in [0.3, 0.4) is 0 Å². The first-order valence-electron chi connectivity index (χ1n) is 6.52. The molecule has 1 aromatic rings. The molecule has 0 aliphatic carbocycles. The molecule has 0 spiro atoms. The van der Waals surface area contributed by atoms with E-state index in [0.717, 1.165) is 16.9 Å². The molecular weight excluding hydrogens is 258 g/mol. The van der Waals surface area contributed by atoms with Gasteiger partial charge in [-0.25, -0.2) is 4.79 Å². The summed E-state index contributed by atoms with van der Waals surface area (Å²) >= 11 is 0. The number of amides is 1. The number of rotatable bonds is 6. The lowest BCUT2D eigenvalue weighted by Crippen LogP contribution is -2.40. The first-order chi connectivity index (χ1) is 9.34. The second-order valence-electron chi connectivity index (χ2n) is 4.82. The van der Waals surface area contributed by atoms with E-state index in [0.29, 0.717) is 0 Å². The van der Waals surface area contributed by atoms with Gasteiger partial charge in [0.1, 0.15) is 11.8 Å². The number of carbonyl (C=O) groups excluding carboxylic acids is 1. The third-order valence-electron chi connectivity index (χ3n) is 3.46. The highest BCUT2D eigenvalue weighted by Crippen LogP contribution is 2.20. The molecule has 1 rings (SSSR count). The average Bonchev–Trinajstić information content (AvgIpc) is 2.41. The number of hydrogen-bond donors (Lipinski definition) is 1. The van der Waals surface area contributed by atoms with Gasteiger partial charge in [-0.1, -0.05) is 12.1 Å². The summed E-state index contributed by atoms with van der Waals surface area (Å²) in [5.41, 5.74) is 2.18. The zero-order valence-corrected chi connectivity index (χ0v) is 12.3. The van der Waals surface area contributed by atoms with E-state index in [1.54, 1.807) is 0 Å². The number of ether oxygens (including phenoxy) is 1. The molecule has 1 unspecified atom stereocenters. The second-order valence-corrected chi connectivity index (χ2v) is 4.82. The third kappa shape index (κ3) is 3.98. The smallest absolute Gasteiger partial charge is 0.326 e. The fraction of sp³-hybridized carbons (Fsp3) is 0.467. The maximum atomic E-state index is 11.8. The summed E-state index contributed by atoms with van der Waals surface area (Å²) in [7, 11) is 1.49. The molecule has 0 saturated heterocycles. The predicted molar refractivity (Wildman–Crippen MR) is 75.9 cm³/mol. The molecule has 1 atom stereocenters. The van der Waals surface area contributed by atoms with Crippen LogP contribution >= 0.6 is 0 Å². The maximum Gasteiger partial charge on any atom is 0.326 e. The van der Waals surface area contributed by atoms with Crippen LogP contribution in [-0.2, 0) is 9.59 Å². The van der Waals surface area contributed by atoms with E-state index in [1.807, 2.05) is 32.0 Å². The van der Waals surface area contributed by atoms with Crippen LogP contribution in [0, 0.1) is 13.8 Å². The molecular formula is C15H21NO4. The van der Waals surface area contributed by atoms with Crippen LogP contribution in [0.5, 0.6) is 5.75 Å². The molecule has 0 aromatic heterocycles. The van der Waals surface area contributed by atoms with Crippen LogP contribution in [0.25, 0.3) is 0 Å². The Kier molecular flexibility index (Phi) is 5.55. The van der Waals surface area contributed by atoms with Crippen molar-refractivity contribution in [2.75, 3.05) is 13.7 Å². The molecule has 110 valence electrons. The quantitative estimate of drug-likeness (QED) is 0.865. The van der Waals surface area contributed by atoms with Gasteiger partial charge >= 0.3 is 5.97 Å². The van der Waals surface area contributed by atoms with Gasteiger partial charge in [0.2, 0.25) is 5.91 Å². The van der Waals surface area contributed by atoms with Crippen LogP contribution in [0.2, 0.25) is 0 Å². The van der Waals surface area contributed by atoms with Crippen LogP contribution in [0.4, 0.5) is 0 Å². The fourth-order valence-corrected chi connectivity index (χ4v) is 1.69. The lowest BCUT2D eigenvalue weighted by atomic mass is 10.1. The molecule has 5 heteroatoms. The van der Waals surface area contributed by atoms with Crippen molar-refractivity contribution >= 4 is 11.9 Å². The SMILES string of the molecule is Cc1cccc(OCCC(=O)N(C)C(C)C(=O)O)c1C. The van der Waals surface area contributed by atoms with E-state index in [2.05, 4.69) is 0 Å². The highest BCUT2D eigenvalue weighted by atomic mass is 16.5. The van der Waals surface area contributed by atoms with E-state index in [-0.39, 0.29) is 18.9 Å². The van der Waals surface area contributed by atoms with Gasteiger partial charge < -0.3 is 14.7 Å². The summed E-state index contributed by atoms with van der Waals surface area (Å²) in [6.07, 6.45) is 0.154. The molecule has 0 fully saturated rings. The first kappa shape index (κ1) is 16.0. The van der Waals surface area contributed by atoms with E-state index >= 15 is 0 Å². The molecule has 1 N–H and O–H groups in total.